The molecule has 0 bridgehead atoms. The minimum Gasteiger partial charge on any atom is -0.330 e. The first-order valence-corrected chi connectivity index (χ1v) is 6.48. The van der Waals surface area contributed by atoms with Gasteiger partial charge in [0.15, 0.2) is 0 Å². The summed E-state index contributed by atoms with van der Waals surface area (Å²) in [5.74, 6) is 0.570. The van der Waals surface area contributed by atoms with E-state index in [0.29, 0.717) is 18.9 Å². The normalized spacial score (nSPS) is 17.6. The van der Waals surface area contributed by atoms with Crippen molar-refractivity contribution in [1.82, 2.24) is 0 Å². The summed E-state index contributed by atoms with van der Waals surface area (Å²) in [5.41, 5.74) is 7.97. The Morgan fingerprint density at radius 2 is 2.28 bits per heavy atom. The van der Waals surface area contributed by atoms with Crippen molar-refractivity contribution in [1.29, 1.82) is 0 Å². The third kappa shape index (κ3) is 2.46. The van der Waals surface area contributed by atoms with Gasteiger partial charge in [0.25, 0.3) is 0 Å². The lowest BCUT2D eigenvalue weighted by Crippen LogP contribution is -2.29. The molecular formula is C15H20N2O. The molecule has 96 valence electrons. The van der Waals surface area contributed by atoms with E-state index < -0.39 is 0 Å². The number of allylic oxidation sites excluding steroid dienone is 1. The Morgan fingerprint density at radius 3 is 3.00 bits per heavy atom. The highest BCUT2D eigenvalue weighted by Gasteiger charge is 2.30. The number of amides is 1. The quantitative estimate of drug-likeness (QED) is 0.809. The van der Waals surface area contributed by atoms with Gasteiger partial charge in [-0.25, -0.2) is 0 Å². The fourth-order valence-electron chi connectivity index (χ4n) is 2.54. The summed E-state index contributed by atoms with van der Waals surface area (Å²) in [6.45, 7) is 5.09. The molecule has 0 aromatic heterocycles. The summed E-state index contributed by atoms with van der Waals surface area (Å²) in [6, 6.07) is 8.14. The topological polar surface area (TPSA) is 46.3 Å². The van der Waals surface area contributed by atoms with Gasteiger partial charge in [-0.3, -0.25) is 4.79 Å². The average molecular weight is 244 g/mol. The molecule has 1 aromatic rings. The molecule has 3 heteroatoms. The molecule has 3 nitrogen and oxygen atoms in total. The van der Waals surface area contributed by atoms with Crippen LogP contribution in [0.5, 0.6) is 0 Å². The monoisotopic (exact) mass is 244 g/mol. The standard InChI is InChI=1S/C15H20N2O/c1-2-3-8-15(18)17-11-12(9-10-16)13-6-4-5-7-14(13)17/h2,4-7,12H,1,3,8-11,16H2. The van der Waals surface area contributed by atoms with Crippen LogP contribution in [-0.4, -0.2) is 19.0 Å². The van der Waals surface area contributed by atoms with Crippen LogP contribution in [0.2, 0.25) is 0 Å². The highest BCUT2D eigenvalue weighted by molar-refractivity contribution is 5.95. The molecule has 0 aliphatic carbocycles. The number of hydrogen-bond donors (Lipinski definition) is 1. The number of anilines is 1. The van der Waals surface area contributed by atoms with Crippen LogP contribution in [-0.2, 0) is 4.79 Å². The van der Waals surface area contributed by atoms with Crippen molar-refractivity contribution in [3.05, 3.63) is 42.5 Å². The molecule has 1 amide bonds. The molecular weight excluding hydrogens is 224 g/mol. The van der Waals surface area contributed by atoms with Crippen LogP contribution >= 0.6 is 0 Å². The second-order valence-electron chi connectivity index (χ2n) is 4.66. The lowest BCUT2D eigenvalue weighted by Gasteiger charge is -2.17. The fraction of sp³-hybridized carbons (Fsp3) is 0.400. The van der Waals surface area contributed by atoms with Gasteiger partial charge in [0, 0.05) is 24.6 Å². The number of para-hydroxylation sites is 1. The van der Waals surface area contributed by atoms with Crippen molar-refractivity contribution in [2.75, 3.05) is 18.0 Å². The van der Waals surface area contributed by atoms with Crippen LogP contribution in [0, 0.1) is 0 Å². The van der Waals surface area contributed by atoms with Gasteiger partial charge < -0.3 is 10.6 Å². The number of fused-ring (bicyclic) bond motifs is 1. The van der Waals surface area contributed by atoms with Gasteiger partial charge in [0.1, 0.15) is 0 Å². The van der Waals surface area contributed by atoms with Crippen LogP contribution < -0.4 is 10.6 Å². The molecule has 0 saturated heterocycles. The van der Waals surface area contributed by atoms with Crippen LogP contribution in [0.1, 0.15) is 30.7 Å². The Hall–Kier alpha value is -1.61. The predicted octanol–water partition coefficient (Wildman–Crippen LogP) is 2.43. The van der Waals surface area contributed by atoms with Gasteiger partial charge in [-0.05, 0) is 31.0 Å². The van der Waals surface area contributed by atoms with Gasteiger partial charge in [0.05, 0.1) is 0 Å². The van der Waals surface area contributed by atoms with Crippen LogP contribution in [0.4, 0.5) is 5.69 Å². The summed E-state index contributed by atoms with van der Waals surface area (Å²) < 4.78 is 0. The lowest BCUT2D eigenvalue weighted by molar-refractivity contribution is -0.118. The molecule has 0 spiro atoms. The van der Waals surface area contributed by atoms with Crippen molar-refractivity contribution in [2.45, 2.75) is 25.2 Å². The molecule has 2 rings (SSSR count). The number of rotatable bonds is 5. The fourth-order valence-corrected chi connectivity index (χ4v) is 2.54. The third-order valence-electron chi connectivity index (χ3n) is 3.45. The van der Waals surface area contributed by atoms with E-state index in [2.05, 4.69) is 12.6 Å². The minimum absolute atomic E-state index is 0.182. The molecule has 2 N–H and O–H groups in total. The van der Waals surface area contributed by atoms with Crippen molar-refractivity contribution in [3.63, 3.8) is 0 Å². The Kier molecular flexibility index (Phi) is 4.15. The van der Waals surface area contributed by atoms with Crippen molar-refractivity contribution in [2.24, 2.45) is 5.73 Å². The summed E-state index contributed by atoms with van der Waals surface area (Å²) in [4.78, 5) is 14.1. The van der Waals surface area contributed by atoms with E-state index in [1.54, 1.807) is 6.08 Å². The minimum atomic E-state index is 0.182. The van der Waals surface area contributed by atoms with Crippen LogP contribution in [0.25, 0.3) is 0 Å². The number of nitrogens with zero attached hydrogens (tertiary/aromatic N) is 1. The summed E-state index contributed by atoms with van der Waals surface area (Å²) >= 11 is 0. The summed E-state index contributed by atoms with van der Waals surface area (Å²) in [6.07, 6.45) is 3.99. The van der Waals surface area contributed by atoms with E-state index >= 15 is 0 Å². The van der Waals surface area contributed by atoms with E-state index in [0.717, 1.165) is 25.1 Å². The predicted molar refractivity (Wildman–Crippen MR) is 74.6 cm³/mol. The number of carbonyl (C=O) groups excluding carboxylic acids is 1. The molecule has 0 saturated carbocycles. The highest BCUT2D eigenvalue weighted by Crippen LogP contribution is 2.37. The molecule has 0 fully saturated rings. The van der Waals surface area contributed by atoms with Crippen molar-refractivity contribution >= 4 is 11.6 Å². The number of benzene rings is 1. The van der Waals surface area contributed by atoms with Gasteiger partial charge in [-0.15, -0.1) is 6.58 Å². The van der Waals surface area contributed by atoms with Gasteiger partial charge in [-0.1, -0.05) is 24.3 Å². The van der Waals surface area contributed by atoms with Crippen molar-refractivity contribution < 1.29 is 4.79 Å². The first-order chi connectivity index (χ1) is 8.77. The zero-order valence-corrected chi connectivity index (χ0v) is 10.6. The first-order valence-electron chi connectivity index (χ1n) is 6.48. The Bertz CT molecular complexity index is 442. The second kappa shape index (κ2) is 5.83. The van der Waals surface area contributed by atoms with E-state index in [1.807, 2.05) is 23.1 Å². The molecule has 1 atom stereocenters. The van der Waals surface area contributed by atoms with Crippen molar-refractivity contribution in [3.8, 4) is 0 Å². The number of carbonyl (C=O) groups is 1. The Balaban J connectivity index is 2.19. The zero-order chi connectivity index (χ0) is 13.0. The first kappa shape index (κ1) is 12.8. The lowest BCUT2D eigenvalue weighted by atomic mass is 9.98. The van der Waals surface area contributed by atoms with Gasteiger partial charge in [0.2, 0.25) is 5.91 Å². The SMILES string of the molecule is C=CCCC(=O)N1CC(CCN)c2ccccc21. The molecule has 1 unspecified atom stereocenters. The Morgan fingerprint density at radius 1 is 1.50 bits per heavy atom. The maximum atomic E-state index is 12.2. The second-order valence-corrected chi connectivity index (χ2v) is 4.66. The van der Waals surface area contributed by atoms with Crippen LogP contribution in [0.3, 0.4) is 0 Å². The molecule has 0 radical (unpaired) electrons. The van der Waals surface area contributed by atoms with E-state index in [4.69, 9.17) is 5.73 Å². The van der Waals surface area contributed by atoms with Gasteiger partial charge >= 0.3 is 0 Å². The van der Waals surface area contributed by atoms with Crippen LogP contribution in [0.15, 0.2) is 36.9 Å². The number of hydrogen-bond acceptors (Lipinski definition) is 2. The maximum absolute atomic E-state index is 12.2. The smallest absolute Gasteiger partial charge is 0.227 e. The maximum Gasteiger partial charge on any atom is 0.227 e. The molecule has 1 aromatic carbocycles. The zero-order valence-electron chi connectivity index (χ0n) is 10.6. The Labute approximate surface area is 108 Å². The third-order valence-corrected chi connectivity index (χ3v) is 3.45. The summed E-state index contributed by atoms with van der Waals surface area (Å²) in [7, 11) is 0. The van der Waals surface area contributed by atoms with E-state index in [1.165, 1.54) is 5.56 Å². The van der Waals surface area contributed by atoms with E-state index in [9.17, 15) is 4.79 Å². The molecule has 1 aliphatic heterocycles. The summed E-state index contributed by atoms with van der Waals surface area (Å²) in [5, 5.41) is 0. The largest absolute Gasteiger partial charge is 0.330 e. The number of nitrogens with two attached hydrogens (primary N) is 1. The van der Waals surface area contributed by atoms with Gasteiger partial charge in [-0.2, -0.15) is 0 Å². The molecule has 18 heavy (non-hydrogen) atoms. The average Bonchev–Trinajstić information content (AvgIpc) is 2.76. The molecule has 1 heterocycles. The van der Waals surface area contributed by atoms with E-state index in [-0.39, 0.29) is 5.91 Å². The highest BCUT2D eigenvalue weighted by atomic mass is 16.2. The molecule has 1 aliphatic rings.